The fourth-order valence-electron chi connectivity index (χ4n) is 3.63. The summed E-state index contributed by atoms with van der Waals surface area (Å²) in [7, 11) is 0. The van der Waals surface area contributed by atoms with E-state index in [1.807, 2.05) is 41.0 Å². The maximum absolute atomic E-state index is 5.59. The van der Waals surface area contributed by atoms with Crippen LogP contribution in [0.1, 0.15) is 31.2 Å². The van der Waals surface area contributed by atoms with Gasteiger partial charge >= 0.3 is 0 Å². The molecule has 0 spiro atoms. The lowest BCUT2D eigenvalue weighted by molar-refractivity contribution is 0.661. The van der Waals surface area contributed by atoms with Crippen LogP contribution in [0.2, 0.25) is 0 Å². The van der Waals surface area contributed by atoms with Gasteiger partial charge < -0.3 is 16.4 Å². The molecule has 2 aromatic carbocycles. The zero-order valence-corrected chi connectivity index (χ0v) is 17.8. The molecule has 0 aliphatic rings. The fraction of sp³-hybridized carbons (Fsp3) is 0.280. The fourth-order valence-corrected chi connectivity index (χ4v) is 3.63. The zero-order valence-electron chi connectivity index (χ0n) is 17.8. The summed E-state index contributed by atoms with van der Waals surface area (Å²) < 4.78 is 1.89. The van der Waals surface area contributed by atoms with Crippen molar-refractivity contribution in [3.8, 4) is 11.1 Å². The molecular weight excluding hydrogens is 384 g/mol. The molecule has 2 aromatic heterocycles. The molecule has 0 aliphatic carbocycles. The van der Waals surface area contributed by atoms with E-state index in [0.29, 0.717) is 0 Å². The van der Waals surface area contributed by atoms with Crippen LogP contribution < -0.4 is 16.4 Å². The number of unbranched alkanes of at least 4 members (excludes halogenated alkanes) is 3. The summed E-state index contributed by atoms with van der Waals surface area (Å²) in [5, 5.41) is 11.7. The summed E-state index contributed by atoms with van der Waals surface area (Å²) in [5.74, 6) is 1.78. The zero-order chi connectivity index (χ0) is 21.3. The Morgan fingerprint density at radius 2 is 1.58 bits per heavy atom. The summed E-state index contributed by atoms with van der Waals surface area (Å²) in [6, 6.07) is 22.7. The van der Waals surface area contributed by atoms with Crippen LogP contribution in [0.4, 0.5) is 11.6 Å². The van der Waals surface area contributed by atoms with Crippen molar-refractivity contribution in [2.24, 2.45) is 5.73 Å². The van der Waals surface area contributed by atoms with Gasteiger partial charge in [0.2, 0.25) is 0 Å². The molecule has 0 fully saturated rings. The van der Waals surface area contributed by atoms with E-state index < -0.39 is 0 Å². The monoisotopic (exact) mass is 414 g/mol. The van der Waals surface area contributed by atoms with Crippen LogP contribution in [-0.2, 0) is 6.54 Å². The third kappa shape index (κ3) is 5.41. The smallest absolute Gasteiger partial charge is 0.167 e. The third-order valence-corrected chi connectivity index (χ3v) is 5.31. The molecule has 160 valence electrons. The van der Waals surface area contributed by atoms with Crippen molar-refractivity contribution in [2.75, 3.05) is 23.7 Å². The quantitative estimate of drug-likeness (QED) is 0.303. The van der Waals surface area contributed by atoms with E-state index in [0.717, 1.165) is 60.9 Å². The second-order valence-corrected chi connectivity index (χ2v) is 7.66. The van der Waals surface area contributed by atoms with Crippen LogP contribution in [0.3, 0.4) is 0 Å². The predicted molar refractivity (Wildman–Crippen MR) is 128 cm³/mol. The lowest BCUT2D eigenvalue weighted by atomic mass is 10.1. The van der Waals surface area contributed by atoms with Crippen molar-refractivity contribution >= 4 is 17.3 Å². The molecule has 2 heterocycles. The van der Waals surface area contributed by atoms with E-state index in [4.69, 9.17) is 10.7 Å². The Hall–Kier alpha value is -3.38. The van der Waals surface area contributed by atoms with Crippen molar-refractivity contribution in [1.82, 2.24) is 14.6 Å². The minimum absolute atomic E-state index is 0.721. The van der Waals surface area contributed by atoms with Gasteiger partial charge in [-0.15, -0.1) is 0 Å². The average molecular weight is 415 g/mol. The molecule has 6 heteroatoms. The lowest BCUT2D eigenvalue weighted by Crippen LogP contribution is -2.10. The highest BCUT2D eigenvalue weighted by Gasteiger charge is 2.13. The van der Waals surface area contributed by atoms with E-state index in [1.165, 1.54) is 18.4 Å². The Bertz CT molecular complexity index is 1080. The van der Waals surface area contributed by atoms with Crippen molar-refractivity contribution in [3.05, 3.63) is 78.5 Å². The van der Waals surface area contributed by atoms with Crippen molar-refractivity contribution in [1.29, 1.82) is 0 Å². The topological polar surface area (TPSA) is 80.3 Å². The lowest BCUT2D eigenvalue weighted by Gasteiger charge is -2.12. The minimum Gasteiger partial charge on any atom is -0.370 e. The molecule has 31 heavy (non-hydrogen) atoms. The van der Waals surface area contributed by atoms with Crippen LogP contribution in [0.5, 0.6) is 0 Å². The molecule has 0 amide bonds. The molecule has 6 nitrogen and oxygen atoms in total. The molecule has 0 aliphatic heterocycles. The molecular formula is C25H30N6. The molecule has 0 radical (unpaired) electrons. The van der Waals surface area contributed by atoms with E-state index >= 15 is 0 Å². The largest absolute Gasteiger partial charge is 0.370 e. The van der Waals surface area contributed by atoms with Crippen LogP contribution >= 0.6 is 0 Å². The van der Waals surface area contributed by atoms with Crippen LogP contribution in [-0.4, -0.2) is 27.7 Å². The second kappa shape index (κ2) is 10.6. The first kappa shape index (κ1) is 20.9. The maximum Gasteiger partial charge on any atom is 0.167 e. The first-order valence-electron chi connectivity index (χ1n) is 11.0. The number of rotatable bonds is 11. The molecule has 4 rings (SSSR count). The van der Waals surface area contributed by atoms with E-state index in [-0.39, 0.29) is 0 Å². The maximum atomic E-state index is 5.59. The van der Waals surface area contributed by atoms with Crippen molar-refractivity contribution in [2.45, 2.75) is 32.2 Å². The van der Waals surface area contributed by atoms with Crippen LogP contribution in [0.15, 0.2) is 72.9 Å². The molecule has 0 unspecified atom stereocenters. The summed E-state index contributed by atoms with van der Waals surface area (Å²) in [6.45, 7) is 2.38. The predicted octanol–water partition coefficient (Wildman–Crippen LogP) is 4.94. The number of nitrogens with one attached hydrogen (secondary N) is 2. The SMILES string of the molecule is NCCCCCCNc1cc(NCc2ccccc2)n2ncc(-c3ccccc3)c2n1. The number of nitrogens with two attached hydrogens (primary N) is 1. The average Bonchev–Trinajstić information content (AvgIpc) is 3.25. The first-order valence-corrected chi connectivity index (χ1v) is 11.0. The standard InChI is InChI=1S/C25H30N6/c26-15-9-1-2-10-16-27-23-17-24(28-18-20-11-5-3-6-12-20)31-25(30-23)22(19-29-31)21-13-7-4-8-14-21/h3-8,11-14,17,19,28H,1-2,9-10,15-16,18,26H2,(H,27,30). The van der Waals surface area contributed by atoms with Gasteiger partial charge in [-0.1, -0.05) is 73.5 Å². The molecule has 0 saturated carbocycles. The van der Waals surface area contributed by atoms with Gasteiger partial charge in [0.25, 0.3) is 0 Å². The third-order valence-electron chi connectivity index (χ3n) is 5.31. The van der Waals surface area contributed by atoms with Gasteiger partial charge in [-0.25, -0.2) is 4.98 Å². The van der Waals surface area contributed by atoms with Gasteiger partial charge in [-0.3, -0.25) is 0 Å². The first-order chi connectivity index (χ1) is 15.3. The van der Waals surface area contributed by atoms with Gasteiger partial charge in [0.05, 0.1) is 6.20 Å². The van der Waals surface area contributed by atoms with Crippen LogP contribution in [0, 0.1) is 0 Å². The van der Waals surface area contributed by atoms with Gasteiger partial charge in [0, 0.05) is 24.7 Å². The summed E-state index contributed by atoms with van der Waals surface area (Å²) in [4.78, 5) is 4.89. The van der Waals surface area contributed by atoms with Crippen molar-refractivity contribution in [3.63, 3.8) is 0 Å². The molecule has 4 N–H and O–H groups in total. The van der Waals surface area contributed by atoms with Gasteiger partial charge in [-0.2, -0.15) is 9.61 Å². The number of hydrogen-bond acceptors (Lipinski definition) is 5. The Morgan fingerprint density at radius 1 is 0.839 bits per heavy atom. The highest BCUT2D eigenvalue weighted by Crippen LogP contribution is 2.27. The number of nitrogens with zero attached hydrogens (tertiary/aromatic N) is 3. The van der Waals surface area contributed by atoms with Gasteiger partial charge in [-0.05, 0) is 30.5 Å². The van der Waals surface area contributed by atoms with E-state index in [1.54, 1.807) is 0 Å². The van der Waals surface area contributed by atoms with Gasteiger partial charge in [0.1, 0.15) is 11.6 Å². The summed E-state index contributed by atoms with van der Waals surface area (Å²) in [6.07, 6.45) is 6.43. The van der Waals surface area contributed by atoms with E-state index in [9.17, 15) is 0 Å². The summed E-state index contributed by atoms with van der Waals surface area (Å²) in [5.41, 5.74) is 9.78. The minimum atomic E-state index is 0.721. The van der Waals surface area contributed by atoms with E-state index in [2.05, 4.69) is 52.1 Å². The molecule has 0 saturated heterocycles. The molecule has 0 bridgehead atoms. The van der Waals surface area contributed by atoms with Crippen molar-refractivity contribution < 1.29 is 0 Å². The Kier molecular flexibility index (Phi) is 7.13. The number of benzene rings is 2. The van der Waals surface area contributed by atoms with Crippen LogP contribution in [0.25, 0.3) is 16.8 Å². The number of aromatic nitrogens is 3. The Morgan fingerprint density at radius 3 is 2.35 bits per heavy atom. The highest BCUT2D eigenvalue weighted by atomic mass is 15.3. The molecule has 4 aromatic rings. The number of fused-ring (bicyclic) bond motifs is 1. The highest BCUT2D eigenvalue weighted by molar-refractivity contribution is 5.79. The number of hydrogen-bond donors (Lipinski definition) is 3. The van der Waals surface area contributed by atoms with Gasteiger partial charge in [0.15, 0.2) is 5.65 Å². The summed E-state index contributed by atoms with van der Waals surface area (Å²) >= 11 is 0. The molecule has 0 atom stereocenters. The second-order valence-electron chi connectivity index (χ2n) is 7.66. The Balaban J connectivity index is 1.58. The normalized spacial score (nSPS) is 11.0. The number of anilines is 2. The Labute approximate surface area is 183 Å².